The average molecular weight is 324 g/mol. The van der Waals surface area contributed by atoms with Crippen LogP contribution in [0.15, 0.2) is 28.7 Å². The molecule has 1 saturated carbocycles. The Bertz CT molecular complexity index is 462. The molecule has 19 heavy (non-hydrogen) atoms. The molecule has 1 amide bonds. The van der Waals surface area contributed by atoms with E-state index in [1.54, 1.807) is 0 Å². The van der Waals surface area contributed by atoms with E-state index < -0.39 is 0 Å². The number of carbonyl (C=O) groups excluding carboxylic acids is 1. The second-order valence-corrected chi connectivity index (χ2v) is 6.44. The number of rotatable bonds is 4. The highest BCUT2D eigenvalue weighted by Crippen LogP contribution is 2.48. The highest BCUT2D eigenvalue weighted by atomic mass is 79.9. The van der Waals surface area contributed by atoms with E-state index in [1.807, 2.05) is 12.1 Å². The fourth-order valence-corrected chi connectivity index (χ4v) is 2.96. The molecular weight excluding hydrogens is 306 g/mol. The van der Waals surface area contributed by atoms with Crippen molar-refractivity contribution in [2.75, 3.05) is 19.8 Å². The molecule has 1 aromatic rings. The van der Waals surface area contributed by atoms with E-state index in [9.17, 15) is 4.79 Å². The first kappa shape index (κ1) is 13.1. The van der Waals surface area contributed by atoms with Crippen LogP contribution < -0.4 is 5.32 Å². The number of benzene rings is 1. The number of ether oxygens (including phenoxy) is 1. The van der Waals surface area contributed by atoms with Gasteiger partial charge >= 0.3 is 0 Å². The van der Waals surface area contributed by atoms with Gasteiger partial charge in [0.2, 0.25) is 5.91 Å². The quantitative estimate of drug-likeness (QED) is 0.925. The van der Waals surface area contributed by atoms with Crippen LogP contribution in [0.5, 0.6) is 0 Å². The van der Waals surface area contributed by atoms with Gasteiger partial charge in [-0.05, 0) is 37.0 Å². The van der Waals surface area contributed by atoms with Gasteiger partial charge in [0.25, 0.3) is 0 Å². The molecule has 2 aliphatic rings. The van der Waals surface area contributed by atoms with Crippen LogP contribution >= 0.6 is 15.9 Å². The number of carbonyl (C=O) groups is 1. The van der Waals surface area contributed by atoms with Crippen molar-refractivity contribution < 1.29 is 9.53 Å². The van der Waals surface area contributed by atoms with Crippen LogP contribution in [0.3, 0.4) is 0 Å². The van der Waals surface area contributed by atoms with E-state index in [2.05, 4.69) is 33.4 Å². The molecule has 102 valence electrons. The largest absolute Gasteiger partial charge is 0.381 e. The summed E-state index contributed by atoms with van der Waals surface area (Å²) < 4.78 is 6.38. The van der Waals surface area contributed by atoms with Crippen molar-refractivity contribution in [3.8, 4) is 0 Å². The minimum absolute atomic E-state index is 0.182. The molecule has 1 saturated heterocycles. The van der Waals surface area contributed by atoms with Gasteiger partial charge < -0.3 is 10.1 Å². The molecule has 0 aromatic heterocycles. The predicted octanol–water partition coefficient (Wildman–Crippen LogP) is 2.63. The number of nitrogens with one attached hydrogen (secondary N) is 1. The SMILES string of the molecule is O=C(NCC1CCOC1)C1(c2ccc(Br)cc2)CC1. The number of halogens is 1. The number of amides is 1. The van der Waals surface area contributed by atoms with Gasteiger partial charge in [-0.15, -0.1) is 0 Å². The van der Waals surface area contributed by atoms with Crippen molar-refractivity contribution in [3.05, 3.63) is 34.3 Å². The van der Waals surface area contributed by atoms with Gasteiger partial charge in [-0.2, -0.15) is 0 Å². The molecule has 0 radical (unpaired) electrons. The van der Waals surface area contributed by atoms with Crippen LogP contribution in [0.1, 0.15) is 24.8 Å². The Morgan fingerprint density at radius 3 is 2.68 bits per heavy atom. The topological polar surface area (TPSA) is 38.3 Å². The summed E-state index contributed by atoms with van der Waals surface area (Å²) >= 11 is 3.43. The van der Waals surface area contributed by atoms with Gasteiger partial charge in [-0.3, -0.25) is 4.79 Å². The van der Waals surface area contributed by atoms with Crippen LogP contribution in [-0.4, -0.2) is 25.7 Å². The lowest BCUT2D eigenvalue weighted by Crippen LogP contribution is -2.37. The van der Waals surface area contributed by atoms with E-state index in [0.29, 0.717) is 5.92 Å². The van der Waals surface area contributed by atoms with E-state index in [4.69, 9.17) is 4.74 Å². The van der Waals surface area contributed by atoms with Crippen LogP contribution in [0.4, 0.5) is 0 Å². The van der Waals surface area contributed by atoms with Crippen LogP contribution in [0.25, 0.3) is 0 Å². The van der Waals surface area contributed by atoms with Gasteiger partial charge in [-0.1, -0.05) is 28.1 Å². The molecule has 2 fully saturated rings. The molecule has 3 rings (SSSR count). The summed E-state index contributed by atoms with van der Waals surface area (Å²) in [5.74, 6) is 0.673. The average Bonchev–Trinajstić information content (AvgIpc) is 3.07. The molecule has 0 bridgehead atoms. The summed E-state index contributed by atoms with van der Waals surface area (Å²) in [7, 11) is 0. The third-order valence-corrected chi connectivity index (χ3v) is 4.69. The molecule has 1 aliphatic carbocycles. The summed E-state index contributed by atoms with van der Waals surface area (Å²) in [4.78, 5) is 12.4. The molecule has 0 spiro atoms. The van der Waals surface area contributed by atoms with Gasteiger partial charge in [-0.25, -0.2) is 0 Å². The summed E-state index contributed by atoms with van der Waals surface area (Å²) in [6.07, 6.45) is 2.98. The number of hydrogen-bond acceptors (Lipinski definition) is 2. The smallest absolute Gasteiger partial charge is 0.230 e. The minimum Gasteiger partial charge on any atom is -0.381 e. The van der Waals surface area contributed by atoms with Crippen molar-refractivity contribution in [2.24, 2.45) is 5.92 Å². The second-order valence-electron chi connectivity index (χ2n) is 5.53. The van der Waals surface area contributed by atoms with Crippen molar-refractivity contribution in [3.63, 3.8) is 0 Å². The van der Waals surface area contributed by atoms with Crippen LogP contribution in [0, 0.1) is 5.92 Å². The second kappa shape index (κ2) is 5.25. The van der Waals surface area contributed by atoms with Crippen LogP contribution in [-0.2, 0) is 14.9 Å². The van der Waals surface area contributed by atoms with E-state index >= 15 is 0 Å². The highest BCUT2D eigenvalue weighted by Gasteiger charge is 2.51. The lowest BCUT2D eigenvalue weighted by molar-refractivity contribution is -0.123. The van der Waals surface area contributed by atoms with E-state index in [0.717, 1.165) is 49.1 Å². The molecule has 1 aromatic carbocycles. The van der Waals surface area contributed by atoms with Gasteiger partial charge in [0.05, 0.1) is 12.0 Å². The Labute approximate surface area is 121 Å². The molecule has 1 atom stereocenters. The van der Waals surface area contributed by atoms with E-state index in [-0.39, 0.29) is 11.3 Å². The molecule has 1 unspecified atom stereocenters. The van der Waals surface area contributed by atoms with Gasteiger partial charge in [0.1, 0.15) is 0 Å². The Hall–Kier alpha value is -0.870. The zero-order valence-corrected chi connectivity index (χ0v) is 12.4. The van der Waals surface area contributed by atoms with Crippen LogP contribution in [0.2, 0.25) is 0 Å². The molecule has 1 aliphatic heterocycles. The first-order valence-electron chi connectivity index (χ1n) is 6.83. The Morgan fingerprint density at radius 2 is 2.11 bits per heavy atom. The molecule has 4 heteroatoms. The Kier molecular flexibility index (Phi) is 3.63. The van der Waals surface area contributed by atoms with Crippen molar-refractivity contribution >= 4 is 21.8 Å². The monoisotopic (exact) mass is 323 g/mol. The lowest BCUT2D eigenvalue weighted by Gasteiger charge is -2.17. The molecule has 1 N–H and O–H groups in total. The fourth-order valence-electron chi connectivity index (χ4n) is 2.69. The predicted molar refractivity (Wildman–Crippen MR) is 77.0 cm³/mol. The van der Waals surface area contributed by atoms with E-state index in [1.165, 1.54) is 0 Å². The Morgan fingerprint density at radius 1 is 1.37 bits per heavy atom. The standard InChI is InChI=1S/C15H18BrNO2/c16-13-3-1-12(2-4-13)15(6-7-15)14(18)17-9-11-5-8-19-10-11/h1-4,11H,5-10H2,(H,17,18). The van der Waals surface area contributed by atoms with Crippen molar-refractivity contribution in [2.45, 2.75) is 24.7 Å². The summed E-state index contributed by atoms with van der Waals surface area (Å²) in [5, 5.41) is 3.11. The normalized spacial score (nSPS) is 24.2. The van der Waals surface area contributed by atoms with Gasteiger partial charge in [0, 0.05) is 23.5 Å². The zero-order valence-electron chi connectivity index (χ0n) is 10.8. The Balaban J connectivity index is 1.63. The number of hydrogen-bond donors (Lipinski definition) is 1. The maximum absolute atomic E-state index is 12.4. The molecule has 1 heterocycles. The molecular formula is C15H18BrNO2. The highest BCUT2D eigenvalue weighted by molar-refractivity contribution is 9.10. The summed E-state index contributed by atoms with van der Waals surface area (Å²) in [5.41, 5.74) is 0.871. The lowest BCUT2D eigenvalue weighted by atomic mass is 9.95. The molecule has 3 nitrogen and oxygen atoms in total. The summed E-state index contributed by atoms with van der Waals surface area (Å²) in [6, 6.07) is 8.12. The summed E-state index contributed by atoms with van der Waals surface area (Å²) in [6.45, 7) is 2.36. The zero-order chi connectivity index (χ0) is 13.3. The maximum Gasteiger partial charge on any atom is 0.230 e. The fraction of sp³-hybridized carbons (Fsp3) is 0.533. The maximum atomic E-state index is 12.4. The third kappa shape index (κ3) is 2.70. The van der Waals surface area contributed by atoms with Crippen molar-refractivity contribution in [1.82, 2.24) is 5.32 Å². The van der Waals surface area contributed by atoms with Crippen molar-refractivity contribution in [1.29, 1.82) is 0 Å². The first-order valence-corrected chi connectivity index (χ1v) is 7.62. The minimum atomic E-state index is -0.264. The van der Waals surface area contributed by atoms with Gasteiger partial charge in [0.15, 0.2) is 0 Å². The third-order valence-electron chi connectivity index (χ3n) is 4.16. The first-order chi connectivity index (χ1) is 9.21.